The molecule has 9 heteroatoms. The molecular weight excluding hydrogens is 535 g/mol. The lowest BCUT2D eigenvalue weighted by Gasteiger charge is -2.42. The average Bonchev–Trinajstić information content (AvgIpc) is 3.34. The quantitative estimate of drug-likeness (QED) is 0.125. The fourth-order valence-corrected chi connectivity index (χ4v) is 7.18. The van der Waals surface area contributed by atoms with E-state index in [9.17, 15) is 0 Å². The Balaban J connectivity index is 1.34. The summed E-state index contributed by atoms with van der Waals surface area (Å²) in [6.07, 6.45) is 0.890. The molecule has 4 aromatic rings. The highest BCUT2D eigenvalue weighted by atomic mass is 32.1. The van der Waals surface area contributed by atoms with Gasteiger partial charge in [-0.05, 0) is 97.6 Å². The van der Waals surface area contributed by atoms with Crippen molar-refractivity contribution in [3.05, 3.63) is 72.3 Å². The fourth-order valence-electron chi connectivity index (χ4n) is 4.03. The van der Waals surface area contributed by atoms with Gasteiger partial charge in [-0.3, -0.25) is 0 Å². The predicted octanol–water partition coefficient (Wildman–Crippen LogP) is 10.7. The summed E-state index contributed by atoms with van der Waals surface area (Å²) in [4.78, 5) is 4.60. The molecule has 0 aliphatic rings. The first-order valence-corrected chi connectivity index (χ1v) is 17.5. The Hall–Kier alpha value is -3.27. The molecule has 0 radical (unpaired) electrons. The van der Waals surface area contributed by atoms with Crippen LogP contribution in [0, 0.1) is 5.92 Å². The minimum atomic E-state index is -1.81. The first-order valence-electron chi connectivity index (χ1n) is 13.8. The molecule has 0 unspecified atom stereocenters. The molecule has 0 N–H and O–H groups in total. The third-order valence-electron chi connectivity index (χ3n) is 7.82. The Morgan fingerprint density at radius 3 is 2.10 bits per heavy atom. The van der Waals surface area contributed by atoms with Crippen LogP contribution in [0.1, 0.15) is 40.2 Å². The molecule has 0 aliphatic heterocycles. The Morgan fingerprint density at radius 1 is 0.850 bits per heavy atom. The smallest absolute Gasteiger partial charge is 0.231 e. The van der Waals surface area contributed by atoms with Gasteiger partial charge in [0.1, 0.15) is 5.75 Å². The summed E-state index contributed by atoms with van der Waals surface area (Å²) in [6, 6.07) is 21.6. The van der Waals surface area contributed by atoms with Gasteiger partial charge in [0.25, 0.3) is 0 Å². The van der Waals surface area contributed by atoms with E-state index in [1.165, 1.54) is 16.9 Å². The molecule has 0 bridgehead atoms. The van der Waals surface area contributed by atoms with Gasteiger partial charge in [-0.15, -0.1) is 10.2 Å². The first-order chi connectivity index (χ1) is 19.1. The monoisotopic (exact) mass is 573 g/mol. The first kappa shape index (κ1) is 29.7. The van der Waals surface area contributed by atoms with E-state index in [1.54, 1.807) is 0 Å². The molecule has 1 heterocycles. The van der Waals surface area contributed by atoms with Crippen molar-refractivity contribution in [1.29, 1.82) is 0 Å². The lowest BCUT2D eigenvalue weighted by atomic mass is 9.99. The molecule has 210 valence electrons. The number of azo groups is 2. The maximum absolute atomic E-state index is 6.46. The van der Waals surface area contributed by atoms with Crippen LogP contribution in [-0.4, -0.2) is 26.5 Å². The third kappa shape index (κ3) is 7.47. The van der Waals surface area contributed by atoms with Gasteiger partial charge in [0.05, 0.1) is 33.9 Å². The SMILES string of the molecule is CCOc1ccc(N=Nc2nc3cc(N=Nc4ccc(CCO[Si](C)(C)C(C)(C)C(C)C)cc4)ccc3s2)cc1. The zero-order chi connectivity index (χ0) is 28.8. The third-order valence-corrected chi connectivity index (χ3v) is 13.4. The van der Waals surface area contributed by atoms with Crippen molar-refractivity contribution >= 4 is 52.1 Å². The minimum absolute atomic E-state index is 0.224. The second-order valence-corrected chi connectivity index (χ2v) is 16.7. The number of hydrogen-bond donors (Lipinski definition) is 0. The maximum atomic E-state index is 6.46. The zero-order valence-corrected chi connectivity index (χ0v) is 26.3. The number of benzene rings is 3. The maximum Gasteiger partial charge on any atom is 0.231 e. The van der Waals surface area contributed by atoms with Crippen molar-refractivity contribution in [3.8, 4) is 5.75 Å². The van der Waals surface area contributed by atoms with Crippen molar-refractivity contribution in [3.63, 3.8) is 0 Å². The van der Waals surface area contributed by atoms with E-state index in [1.807, 2.05) is 61.5 Å². The molecule has 0 saturated carbocycles. The van der Waals surface area contributed by atoms with Crippen molar-refractivity contribution in [1.82, 2.24) is 4.98 Å². The van der Waals surface area contributed by atoms with E-state index >= 15 is 0 Å². The molecule has 40 heavy (non-hydrogen) atoms. The van der Waals surface area contributed by atoms with Crippen LogP contribution < -0.4 is 4.74 Å². The summed E-state index contributed by atoms with van der Waals surface area (Å²) in [5.74, 6) is 1.41. The van der Waals surface area contributed by atoms with Gasteiger partial charge in [-0.1, -0.05) is 51.2 Å². The highest BCUT2D eigenvalue weighted by molar-refractivity contribution is 7.21. The summed E-state index contributed by atoms with van der Waals surface area (Å²) in [5, 5.41) is 18.3. The van der Waals surface area contributed by atoms with Gasteiger partial charge < -0.3 is 9.16 Å². The van der Waals surface area contributed by atoms with Crippen LogP contribution in [-0.2, 0) is 10.8 Å². The molecule has 1 aromatic heterocycles. The van der Waals surface area contributed by atoms with Crippen molar-refractivity contribution in [2.24, 2.45) is 26.4 Å². The number of nitrogens with zero attached hydrogens (tertiary/aromatic N) is 5. The minimum Gasteiger partial charge on any atom is -0.494 e. The van der Waals surface area contributed by atoms with Crippen LogP contribution in [0.25, 0.3) is 10.2 Å². The van der Waals surface area contributed by atoms with Gasteiger partial charge in [0, 0.05) is 6.61 Å². The van der Waals surface area contributed by atoms with Gasteiger partial charge in [0.15, 0.2) is 8.32 Å². The molecule has 4 rings (SSSR count). The molecule has 0 saturated heterocycles. The van der Waals surface area contributed by atoms with Gasteiger partial charge >= 0.3 is 0 Å². The lowest BCUT2D eigenvalue weighted by molar-refractivity contribution is 0.270. The number of ether oxygens (including phenoxy) is 1. The molecule has 7 nitrogen and oxygen atoms in total. The highest BCUT2D eigenvalue weighted by Crippen LogP contribution is 2.44. The van der Waals surface area contributed by atoms with Crippen LogP contribution in [0.3, 0.4) is 0 Å². The topological polar surface area (TPSA) is 80.8 Å². The molecular formula is C31H39N5O2SSi. The Kier molecular flexibility index (Phi) is 9.60. The second kappa shape index (κ2) is 12.9. The number of thiazole rings is 1. The summed E-state index contributed by atoms with van der Waals surface area (Å²) in [6.45, 7) is 17.2. The largest absolute Gasteiger partial charge is 0.494 e. The predicted molar refractivity (Wildman–Crippen MR) is 168 cm³/mol. The van der Waals surface area contributed by atoms with Crippen LogP contribution in [0.5, 0.6) is 5.75 Å². The van der Waals surface area contributed by atoms with E-state index in [0.29, 0.717) is 17.7 Å². The molecule has 0 fully saturated rings. The van der Waals surface area contributed by atoms with E-state index in [4.69, 9.17) is 9.16 Å². The summed E-state index contributed by atoms with van der Waals surface area (Å²) >= 11 is 1.49. The Labute approximate surface area is 242 Å². The fraction of sp³-hybridized carbons (Fsp3) is 0.387. The number of hydrogen-bond acceptors (Lipinski definition) is 8. The normalized spacial score (nSPS) is 12.8. The van der Waals surface area contributed by atoms with Gasteiger partial charge in [-0.2, -0.15) is 10.2 Å². The number of fused-ring (bicyclic) bond motifs is 1. The van der Waals surface area contributed by atoms with Crippen LogP contribution >= 0.6 is 11.3 Å². The van der Waals surface area contributed by atoms with Crippen molar-refractivity contribution in [2.45, 2.75) is 59.2 Å². The van der Waals surface area contributed by atoms with Crippen LogP contribution in [0.2, 0.25) is 18.1 Å². The van der Waals surface area contributed by atoms with Crippen LogP contribution in [0.15, 0.2) is 87.2 Å². The van der Waals surface area contributed by atoms with E-state index in [-0.39, 0.29) is 5.04 Å². The number of rotatable bonds is 12. The highest BCUT2D eigenvalue weighted by Gasteiger charge is 2.43. The lowest BCUT2D eigenvalue weighted by Crippen LogP contribution is -2.45. The summed E-state index contributed by atoms with van der Waals surface area (Å²) in [7, 11) is -1.81. The standard InChI is InChI=1S/C31H39N5O2SSi/c1-8-37-27-16-13-25(14-17-27)34-36-30-32-28-21-26(15-18-29(28)39-30)35-33-24-11-9-23(10-12-24)19-20-38-40(6,7)31(4,5)22(2)3/h9-18,21-22H,8,19-20H2,1-7H3. The summed E-state index contributed by atoms with van der Waals surface area (Å²) in [5.41, 5.74) is 4.36. The molecule has 0 atom stereocenters. The summed E-state index contributed by atoms with van der Waals surface area (Å²) < 4.78 is 12.9. The average molecular weight is 574 g/mol. The molecule has 0 aliphatic carbocycles. The molecule has 3 aromatic carbocycles. The van der Waals surface area contributed by atoms with Crippen molar-refractivity contribution in [2.75, 3.05) is 13.2 Å². The number of aromatic nitrogens is 1. The Morgan fingerprint density at radius 2 is 1.45 bits per heavy atom. The van der Waals surface area contributed by atoms with Crippen LogP contribution in [0.4, 0.5) is 22.2 Å². The molecule has 0 amide bonds. The van der Waals surface area contributed by atoms with E-state index < -0.39 is 8.32 Å². The second-order valence-electron chi connectivity index (χ2n) is 11.1. The zero-order valence-electron chi connectivity index (χ0n) is 24.5. The Bertz CT molecular complexity index is 1460. The van der Waals surface area contributed by atoms with E-state index in [2.05, 4.69) is 78.4 Å². The molecule has 0 spiro atoms. The van der Waals surface area contributed by atoms with Gasteiger partial charge in [-0.25, -0.2) is 4.98 Å². The van der Waals surface area contributed by atoms with Gasteiger partial charge in [0.2, 0.25) is 5.13 Å². The van der Waals surface area contributed by atoms with E-state index in [0.717, 1.165) is 46.1 Å². The van der Waals surface area contributed by atoms with Crippen molar-refractivity contribution < 1.29 is 9.16 Å².